The molecule has 0 saturated heterocycles. The molecule has 1 N–H and O–H groups in total. The smallest absolute Gasteiger partial charge is 1.00 e. The summed E-state index contributed by atoms with van der Waals surface area (Å²) in [6.45, 7) is 12.0. The zero-order chi connectivity index (χ0) is 28.1. The largest absolute Gasteiger partial charge is 4.00 e. The number of carbonyl (C=O) groups is 1. The molecule has 0 radical (unpaired) electrons. The summed E-state index contributed by atoms with van der Waals surface area (Å²) < 4.78 is 0. The van der Waals surface area contributed by atoms with Gasteiger partial charge in [0.1, 0.15) is 0 Å². The molecule has 226 valence electrons. The van der Waals surface area contributed by atoms with Crippen molar-refractivity contribution in [1.82, 2.24) is 4.90 Å². The summed E-state index contributed by atoms with van der Waals surface area (Å²) in [7, 11) is 0. The van der Waals surface area contributed by atoms with Crippen LogP contribution in [0.3, 0.4) is 0 Å². The van der Waals surface area contributed by atoms with Crippen molar-refractivity contribution < 1.29 is 17.2 Å². The number of aliphatic imine (C=N–C) groups is 1. The molecule has 3 fully saturated rings. The van der Waals surface area contributed by atoms with Gasteiger partial charge in [-0.2, -0.15) is 38.5 Å². The molecule has 0 aromatic heterocycles. The topological polar surface area (TPSA) is 67.0 Å². The number of halogens is 1. The quantitative estimate of drug-likeness (QED) is 0.219. The molecule has 3 saturated carbocycles. The van der Waals surface area contributed by atoms with Gasteiger partial charge >= 0.3 is 23.9 Å². The Hall–Kier alpha value is -0.881. The van der Waals surface area contributed by atoms with Gasteiger partial charge in [-0.3, -0.25) is 4.79 Å². The number of carbonyl (C=O) groups excluding carboxylic acids is 1. The third kappa shape index (κ3) is 30.1. The van der Waals surface area contributed by atoms with Gasteiger partial charge in [0.05, 0.1) is 0 Å². The van der Waals surface area contributed by atoms with E-state index in [1.807, 2.05) is 19.1 Å². The van der Waals surface area contributed by atoms with E-state index in [-0.39, 0.29) is 36.3 Å². The van der Waals surface area contributed by atoms with Gasteiger partial charge in [-0.15, -0.1) is 6.01 Å². The Bertz CT molecular complexity index is 644. The fourth-order valence-electron chi connectivity index (χ4n) is 4.29. The average molecular weight is 679 g/mol. The maximum absolute atomic E-state index is 10.8. The van der Waals surface area contributed by atoms with E-state index in [9.17, 15) is 4.79 Å². The number of nitrogens with zero attached hydrogens (tertiary/aromatic N) is 3. The summed E-state index contributed by atoms with van der Waals surface area (Å²) >= 11 is 0. The molecule has 0 spiro atoms. The number of rotatable bonds is 4. The van der Waals surface area contributed by atoms with Crippen LogP contribution in [0, 0.1) is 26.2 Å². The molecular formula is C33H56ClN4OSn-. The van der Waals surface area contributed by atoms with E-state index in [2.05, 4.69) is 55.2 Å². The van der Waals surface area contributed by atoms with E-state index >= 15 is 0 Å². The summed E-state index contributed by atoms with van der Waals surface area (Å²) in [5.74, 6) is 0. The van der Waals surface area contributed by atoms with Crippen LogP contribution in [0.1, 0.15) is 123 Å². The normalized spacial score (nSPS) is 15.4. The summed E-state index contributed by atoms with van der Waals surface area (Å²) in [5.41, 5.74) is 1.68. The predicted octanol–water partition coefficient (Wildman–Crippen LogP) is 6.71. The maximum Gasteiger partial charge on any atom is 4.00 e. The van der Waals surface area contributed by atoms with Crippen molar-refractivity contribution >= 4 is 41.6 Å². The Morgan fingerprint density at radius 1 is 0.825 bits per heavy atom. The Kier molecular flexibility index (Phi) is 37.4. The van der Waals surface area contributed by atoms with Crippen LogP contribution >= 0.6 is 0 Å². The first-order valence-corrected chi connectivity index (χ1v) is 15.2. The van der Waals surface area contributed by atoms with Gasteiger partial charge in [-0.25, -0.2) is 0 Å². The van der Waals surface area contributed by atoms with E-state index in [4.69, 9.17) is 5.41 Å². The van der Waals surface area contributed by atoms with E-state index in [0.29, 0.717) is 5.69 Å². The Balaban J connectivity index is -0.000000441. The first kappa shape index (κ1) is 43.6. The van der Waals surface area contributed by atoms with E-state index < -0.39 is 6.03 Å². The van der Waals surface area contributed by atoms with Crippen molar-refractivity contribution in [3.63, 3.8) is 0 Å². The Morgan fingerprint density at radius 2 is 1.23 bits per heavy atom. The second kappa shape index (κ2) is 34.3. The van der Waals surface area contributed by atoms with Crippen molar-refractivity contribution in [2.24, 2.45) is 4.99 Å². The number of hydrogen-bond acceptors (Lipinski definition) is 2. The van der Waals surface area contributed by atoms with Crippen LogP contribution in [-0.2, 0) is 0 Å². The first-order chi connectivity index (χ1) is 18.6. The van der Waals surface area contributed by atoms with Gasteiger partial charge in [0.25, 0.3) is 0 Å². The molecule has 0 heterocycles. The van der Waals surface area contributed by atoms with Crippen molar-refractivity contribution in [3.05, 3.63) is 54.5 Å². The number of hydrogen-bond donors (Lipinski definition) is 1. The molecule has 1 aromatic carbocycles. The van der Waals surface area contributed by atoms with Crippen LogP contribution < -0.4 is 17.7 Å². The molecule has 2 amide bonds. The van der Waals surface area contributed by atoms with Gasteiger partial charge in [-0.05, 0) is 44.3 Å². The van der Waals surface area contributed by atoms with Crippen molar-refractivity contribution in [2.45, 2.75) is 124 Å². The number of anilines is 1. The monoisotopic (exact) mass is 679 g/mol. The van der Waals surface area contributed by atoms with E-state index in [1.165, 1.54) is 122 Å². The molecule has 1 aromatic rings. The third-order valence-corrected chi connectivity index (χ3v) is 6.71. The molecule has 3 aliphatic carbocycles. The second-order valence-electron chi connectivity index (χ2n) is 9.91. The molecule has 40 heavy (non-hydrogen) atoms. The van der Waals surface area contributed by atoms with Crippen LogP contribution in [0.2, 0.25) is 0 Å². The predicted molar refractivity (Wildman–Crippen MR) is 172 cm³/mol. The third-order valence-electron chi connectivity index (χ3n) is 6.71. The number of amides is 2. The van der Waals surface area contributed by atoms with Crippen molar-refractivity contribution in [2.75, 3.05) is 25.0 Å². The number of benzene rings is 1. The SMILES string of the molecule is CCN(CC)CC.Cc1cccc(NC(=O)N=C=[N-])c1.[CH-]1CCCCC1.[CH-]1CCCCC1.[CH-]1CCCCC1.[Cl-].[Sn+4]. The molecule has 0 aliphatic heterocycles. The minimum Gasteiger partial charge on any atom is -1.00 e. The zero-order valence-electron chi connectivity index (χ0n) is 25.9. The molecular weight excluding hydrogens is 623 g/mol. The second-order valence-corrected chi connectivity index (χ2v) is 9.91. The zero-order valence-corrected chi connectivity index (χ0v) is 29.5. The van der Waals surface area contributed by atoms with Gasteiger partial charge < -0.3 is 52.3 Å². The van der Waals surface area contributed by atoms with Crippen LogP contribution in [0.4, 0.5) is 10.5 Å². The van der Waals surface area contributed by atoms with Gasteiger partial charge in [0.15, 0.2) is 0 Å². The Labute approximate surface area is 271 Å². The van der Waals surface area contributed by atoms with Crippen LogP contribution in [0.25, 0.3) is 5.41 Å². The number of aryl methyl sites for hydroxylation is 1. The van der Waals surface area contributed by atoms with Gasteiger partial charge in [0, 0.05) is 5.69 Å². The van der Waals surface area contributed by atoms with E-state index in [0.717, 1.165) is 5.56 Å². The van der Waals surface area contributed by atoms with Crippen LogP contribution in [-0.4, -0.2) is 60.5 Å². The fraction of sp³-hybridized carbons (Fsp3) is 0.667. The molecule has 7 heteroatoms. The molecule has 0 atom stereocenters. The van der Waals surface area contributed by atoms with Gasteiger partial charge in [-0.1, -0.05) is 90.7 Å². The number of urea groups is 1. The van der Waals surface area contributed by atoms with Crippen LogP contribution in [0.15, 0.2) is 29.3 Å². The molecule has 0 bridgehead atoms. The summed E-state index contributed by atoms with van der Waals surface area (Å²) in [6, 6.07) is 8.03. The van der Waals surface area contributed by atoms with Crippen molar-refractivity contribution in [3.8, 4) is 0 Å². The summed E-state index contributed by atoms with van der Waals surface area (Å²) in [6.07, 6.45) is 28.5. The molecule has 0 unspecified atom stereocenters. The molecule has 3 aliphatic rings. The molecule has 5 nitrogen and oxygen atoms in total. The maximum atomic E-state index is 10.8. The summed E-state index contributed by atoms with van der Waals surface area (Å²) in [4.78, 5) is 16.2. The van der Waals surface area contributed by atoms with Crippen LogP contribution in [0.5, 0.6) is 0 Å². The Morgan fingerprint density at radius 3 is 1.45 bits per heavy atom. The standard InChI is InChI=1S/C9H8N3O.C6H15N.3C6H11.ClH.Sn/c1-7-3-2-4-8(5-7)12-9(13)11-6-10;1-4-7(5-2)6-3;3*1-2-4-6-5-3-1;;/h2-5H,1H3,(H,12,13);4-6H2,1-3H3;3*1H,2-6H2;1H;/q-1;;3*-1;;+4/p-1. The summed E-state index contributed by atoms with van der Waals surface area (Å²) in [5, 5.41) is 10.5. The van der Waals surface area contributed by atoms with Gasteiger partial charge in [0.2, 0.25) is 6.03 Å². The first-order valence-electron chi connectivity index (χ1n) is 15.2. The van der Waals surface area contributed by atoms with Crippen molar-refractivity contribution in [1.29, 1.82) is 0 Å². The minimum absolute atomic E-state index is 0. The molecule has 4 rings (SSSR count). The average Bonchev–Trinajstić information content (AvgIpc) is 2.98. The number of nitrogens with one attached hydrogen (secondary N) is 1. The fourth-order valence-corrected chi connectivity index (χ4v) is 4.29. The minimum atomic E-state index is -0.645. The van der Waals surface area contributed by atoms with E-state index in [1.54, 1.807) is 12.1 Å².